The molecule has 0 spiro atoms. The lowest BCUT2D eigenvalue weighted by atomic mass is 10.1. The van der Waals surface area contributed by atoms with Crippen molar-refractivity contribution < 1.29 is 0 Å². The zero-order valence-electron chi connectivity index (χ0n) is 11.2. The number of hydrogen-bond donors (Lipinski definition) is 1. The van der Waals surface area contributed by atoms with Gasteiger partial charge in [-0.15, -0.1) is 11.8 Å². The summed E-state index contributed by atoms with van der Waals surface area (Å²) in [6, 6.07) is 19.4. The van der Waals surface area contributed by atoms with Gasteiger partial charge >= 0.3 is 0 Å². The molecule has 0 heterocycles. The Bertz CT molecular complexity index is 572. The van der Waals surface area contributed by atoms with Gasteiger partial charge in [-0.2, -0.15) is 0 Å². The molecule has 1 aliphatic carbocycles. The van der Waals surface area contributed by atoms with Crippen LogP contribution in [0.25, 0.3) is 0 Å². The Morgan fingerprint density at radius 2 is 1.80 bits per heavy atom. The molecule has 1 saturated carbocycles. The summed E-state index contributed by atoms with van der Waals surface area (Å²) in [5.41, 5.74) is 7.81. The van der Waals surface area contributed by atoms with Crippen LogP contribution in [0, 0.1) is 5.92 Å². The van der Waals surface area contributed by atoms with Gasteiger partial charge in [0.15, 0.2) is 0 Å². The molecule has 2 aromatic carbocycles. The minimum Gasteiger partial charge on any atom is -0.327 e. The molecule has 0 bridgehead atoms. The highest BCUT2D eigenvalue weighted by molar-refractivity contribution is 9.10. The second kappa shape index (κ2) is 6.33. The van der Waals surface area contributed by atoms with Crippen LogP contribution >= 0.6 is 27.7 Å². The van der Waals surface area contributed by atoms with Crippen LogP contribution in [0.3, 0.4) is 0 Å². The molecule has 0 saturated heterocycles. The predicted octanol–water partition coefficient (Wildman–Crippen LogP) is 4.67. The Hall–Kier alpha value is -0.770. The molecule has 104 valence electrons. The van der Waals surface area contributed by atoms with Gasteiger partial charge < -0.3 is 5.73 Å². The summed E-state index contributed by atoms with van der Waals surface area (Å²) < 4.78 is 1.16. The van der Waals surface area contributed by atoms with Gasteiger partial charge in [-0.25, -0.2) is 0 Å². The highest BCUT2D eigenvalue weighted by Gasteiger charge is 2.42. The summed E-state index contributed by atoms with van der Waals surface area (Å²) in [6.45, 7) is 0. The zero-order valence-corrected chi connectivity index (χ0v) is 13.6. The molecule has 1 aliphatic rings. The van der Waals surface area contributed by atoms with Crippen molar-refractivity contribution in [3.63, 3.8) is 0 Å². The molecular weight excluding hydrogens is 330 g/mol. The fourth-order valence-electron chi connectivity index (χ4n) is 2.64. The molecule has 0 radical (unpaired) electrons. The molecule has 3 unspecified atom stereocenters. The summed E-state index contributed by atoms with van der Waals surface area (Å²) in [5.74, 6) is 2.30. The van der Waals surface area contributed by atoms with Crippen molar-refractivity contribution >= 4 is 27.7 Å². The summed E-state index contributed by atoms with van der Waals surface area (Å²) in [7, 11) is 0. The molecule has 0 aliphatic heterocycles. The first kappa shape index (κ1) is 14.2. The van der Waals surface area contributed by atoms with Gasteiger partial charge in [0, 0.05) is 21.2 Å². The van der Waals surface area contributed by atoms with Crippen molar-refractivity contribution in [1.82, 2.24) is 0 Å². The Balaban J connectivity index is 1.54. The molecule has 20 heavy (non-hydrogen) atoms. The highest BCUT2D eigenvalue weighted by Crippen LogP contribution is 2.49. The fourth-order valence-corrected chi connectivity index (χ4v) is 4.27. The number of nitrogens with two attached hydrogens (primary N) is 1. The molecule has 3 rings (SSSR count). The molecule has 0 amide bonds. The van der Waals surface area contributed by atoms with Crippen molar-refractivity contribution in [3.05, 3.63) is 64.6 Å². The van der Waals surface area contributed by atoms with E-state index in [1.807, 2.05) is 17.8 Å². The number of rotatable bonds is 5. The minimum atomic E-state index is 0.275. The topological polar surface area (TPSA) is 26.0 Å². The SMILES string of the molecule is NC(CSc1ccccc1Br)C1CC1c1ccccc1. The van der Waals surface area contributed by atoms with Gasteiger partial charge in [0.1, 0.15) is 0 Å². The van der Waals surface area contributed by atoms with Crippen LogP contribution in [0.2, 0.25) is 0 Å². The van der Waals surface area contributed by atoms with E-state index in [9.17, 15) is 0 Å². The van der Waals surface area contributed by atoms with Gasteiger partial charge in [-0.3, -0.25) is 0 Å². The van der Waals surface area contributed by atoms with E-state index in [0.29, 0.717) is 11.8 Å². The molecule has 3 atom stereocenters. The van der Waals surface area contributed by atoms with E-state index >= 15 is 0 Å². The van der Waals surface area contributed by atoms with E-state index < -0.39 is 0 Å². The molecule has 1 fully saturated rings. The fraction of sp³-hybridized carbons (Fsp3) is 0.294. The average Bonchev–Trinajstić information content (AvgIpc) is 3.28. The molecule has 0 aromatic heterocycles. The average molecular weight is 348 g/mol. The quantitative estimate of drug-likeness (QED) is 0.795. The molecule has 1 nitrogen and oxygen atoms in total. The van der Waals surface area contributed by atoms with Crippen LogP contribution in [0.4, 0.5) is 0 Å². The number of hydrogen-bond acceptors (Lipinski definition) is 2. The third kappa shape index (κ3) is 3.27. The molecule has 2 N–H and O–H groups in total. The summed E-state index contributed by atoms with van der Waals surface area (Å²) in [5, 5.41) is 0. The first-order chi connectivity index (χ1) is 9.75. The van der Waals surface area contributed by atoms with E-state index in [1.165, 1.54) is 16.9 Å². The second-order valence-corrected chi connectivity index (χ2v) is 7.24. The lowest BCUT2D eigenvalue weighted by Crippen LogP contribution is -2.26. The Labute approximate surface area is 133 Å². The predicted molar refractivity (Wildman–Crippen MR) is 90.1 cm³/mol. The van der Waals surface area contributed by atoms with Crippen LogP contribution in [0.1, 0.15) is 17.9 Å². The number of halogens is 1. The third-order valence-electron chi connectivity index (χ3n) is 3.89. The van der Waals surface area contributed by atoms with E-state index in [2.05, 4.69) is 64.5 Å². The van der Waals surface area contributed by atoms with E-state index in [0.717, 1.165) is 10.2 Å². The maximum atomic E-state index is 6.37. The standard InChI is InChI=1S/C17H18BrNS/c18-15-8-4-5-9-17(15)20-11-16(19)14-10-13(14)12-6-2-1-3-7-12/h1-9,13-14,16H,10-11,19H2. The van der Waals surface area contributed by atoms with Crippen molar-refractivity contribution in [2.45, 2.75) is 23.3 Å². The van der Waals surface area contributed by atoms with Crippen molar-refractivity contribution in [2.24, 2.45) is 11.7 Å². The van der Waals surface area contributed by atoms with Gasteiger partial charge in [0.2, 0.25) is 0 Å². The first-order valence-corrected chi connectivity index (χ1v) is 8.71. The largest absolute Gasteiger partial charge is 0.327 e. The lowest BCUT2D eigenvalue weighted by molar-refractivity contribution is 0.640. The Morgan fingerprint density at radius 3 is 2.55 bits per heavy atom. The van der Waals surface area contributed by atoms with Crippen molar-refractivity contribution in [3.8, 4) is 0 Å². The van der Waals surface area contributed by atoms with Gasteiger partial charge in [0.05, 0.1) is 0 Å². The molecular formula is C17H18BrNS. The van der Waals surface area contributed by atoms with Gasteiger partial charge in [0.25, 0.3) is 0 Å². The number of thioether (sulfide) groups is 1. The Morgan fingerprint density at radius 1 is 1.10 bits per heavy atom. The number of benzene rings is 2. The van der Waals surface area contributed by atoms with E-state index in [1.54, 1.807) is 0 Å². The summed E-state index contributed by atoms with van der Waals surface area (Å²) in [4.78, 5) is 1.28. The normalized spacial score (nSPS) is 22.5. The van der Waals surface area contributed by atoms with Gasteiger partial charge in [-0.05, 0) is 51.9 Å². The second-order valence-electron chi connectivity index (χ2n) is 5.32. The van der Waals surface area contributed by atoms with Crippen molar-refractivity contribution in [1.29, 1.82) is 0 Å². The van der Waals surface area contributed by atoms with Crippen LogP contribution in [0.5, 0.6) is 0 Å². The monoisotopic (exact) mass is 347 g/mol. The molecule has 2 aromatic rings. The van der Waals surface area contributed by atoms with Crippen LogP contribution in [-0.2, 0) is 0 Å². The zero-order chi connectivity index (χ0) is 13.9. The smallest absolute Gasteiger partial charge is 0.0311 e. The summed E-state index contributed by atoms with van der Waals surface area (Å²) in [6.07, 6.45) is 1.24. The van der Waals surface area contributed by atoms with Crippen molar-refractivity contribution in [2.75, 3.05) is 5.75 Å². The first-order valence-electron chi connectivity index (χ1n) is 6.93. The maximum absolute atomic E-state index is 6.37. The van der Waals surface area contributed by atoms with Crippen LogP contribution in [-0.4, -0.2) is 11.8 Å². The van der Waals surface area contributed by atoms with E-state index in [4.69, 9.17) is 5.73 Å². The minimum absolute atomic E-state index is 0.275. The van der Waals surface area contributed by atoms with Crippen LogP contribution in [0.15, 0.2) is 64.0 Å². The summed E-state index contributed by atoms with van der Waals surface area (Å²) >= 11 is 5.43. The molecule has 3 heteroatoms. The van der Waals surface area contributed by atoms with Gasteiger partial charge in [-0.1, -0.05) is 42.5 Å². The van der Waals surface area contributed by atoms with E-state index in [-0.39, 0.29) is 6.04 Å². The van der Waals surface area contributed by atoms with Crippen LogP contribution < -0.4 is 5.73 Å². The maximum Gasteiger partial charge on any atom is 0.0311 e. The highest BCUT2D eigenvalue weighted by atomic mass is 79.9. The third-order valence-corrected chi connectivity index (χ3v) is 6.06. The lowest BCUT2D eigenvalue weighted by Gasteiger charge is -2.12. The Kier molecular flexibility index (Phi) is 4.49.